The number of aryl methyl sites for hydroxylation is 2. The molecule has 0 aromatic heterocycles. The minimum absolute atomic E-state index is 0.526. The Morgan fingerprint density at radius 3 is 2.39 bits per heavy atom. The average Bonchev–Trinajstić information content (AvgIpc) is 2.43. The van der Waals surface area contributed by atoms with Crippen LogP contribution in [0.25, 0.3) is 0 Å². The van der Waals surface area contributed by atoms with Crippen LogP contribution in [0.1, 0.15) is 69.2 Å². The molecular formula is C17H29N. The molecule has 1 aromatic carbocycles. The van der Waals surface area contributed by atoms with Gasteiger partial charge in [-0.1, -0.05) is 58.2 Å². The topological polar surface area (TPSA) is 12.0 Å². The SMILES string of the molecule is CCCCCC(NC)c1cc(CC)ccc1CC. The van der Waals surface area contributed by atoms with Gasteiger partial charge in [-0.2, -0.15) is 0 Å². The molecule has 0 aliphatic rings. The molecule has 102 valence electrons. The summed E-state index contributed by atoms with van der Waals surface area (Å²) >= 11 is 0. The van der Waals surface area contributed by atoms with E-state index in [0.717, 1.165) is 12.8 Å². The minimum atomic E-state index is 0.526. The summed E-state index contributed by atoms with van der Waals surface area (Å²) in [7, 11) is 2.09. The van der Waals surface area contributed by atoms with Crippen molar-refractivity contribution in [2.24, 2.45) is 0 Å². The maximum absolute atomic E-state index is 3.50. The zero-order chi connectivity index (χ0) is 13.4. The smallest absolute Gasteiger partial charge is 0.0320 e. The van der Waals surface area contributed by atoms with Crippen molar-refractivity contribution in [3.63, 3.8) is 0 Å². The molecule has 0 heterocycles. The highest BCUT2D eigenvalue weighted by Crippen LogP contribution is 2.25. The zero-order valence-corrected chi connectivity index (χ0v) is 12.6. The van der Waals surface area contributed by atoms with E-state index >= 15 is 0 Å². The lowest BCUT2D eigenvalue weighted by Crippen LogP contribution is -2.18. The standard InChI is InChI=1S/C17H29N/c1-5-8-9-10-17(18-4)16-13-14(6-2)11-12-15(16)7-3/h11-13,17-18H,5-10H2,1-4H3. The second kappa shape index (κ2) is 8.31. The number of nitrogens with one attached hydrogen (secondary N) is 1. The highest BCUT2D eigenvalue weighted by molar-refractivity contribution is 5.34. The van der Waals surface area contributed by atoms with Crippen molar-refractivity contribution in [3.05, 3.63) is 34.9 Å². The van der Waals surface area contributed by atoms with Crippen molar-refractivity contribution in [2.45, 2.75) is 65.3 Å². The molecule has 0 saturated carbocycles. The largest absolute Gasteiger partial charge is 0.313 e. The fraction of sp³-hybridized carbons (Fsp3) is 0.647. The molecule has 18 heavy (non-hydrogen) atoms. The monoisotopic (exact) mass is 247 g/mol. The van der Waals surface area contributed by atoms with Gasteiger partial charge in [-0.05, 0) is 43.0 Å². The Bertz CT molecular complexity index is 343. The fourth-order valence-electron chi connectivity index (χ4n) is 2.56. The summed E-state index contributed by atoms with van der Waals surface area (Å²) in [6.07, 6.45) is 7.47. The van der Waals surface area contributed by atoms with Crippen molar-refractivity contribution in [1.82, 2.24) is 5.32 Å². The lowest BCUT2D eigenvalue weighted by molar-refractivity contribution is 0.508. The van der Waals surface area contributed by atoms with Crippen LogP contribution < -0.4 is 5.32 Å². The van der Waals surface area contributed by atoms with Crippen LogP contribution in [0.3, 0.4) is 0 Å². The van der Waals surface area contributed by atoms with E-state index in [1.165, 1.54) is 42.4 Å². The van der Waals surface area contributed by atoms with Gasteiger partial charge in [0.2, 0.25) is 0 Å². The molecule has 0 radical (unpaired) electrons. The molecule has 0 bridgehead atoms. The lowest BCUT2D eigenvalue weighted by atomic mass is 9.92. The van der Waals surface area contributed by atoms with Crippen LogP contribution in [0.5, 0.6) is 0 Å². The lowest BCUT2D eigenvalue weighted by Gasteiger charge is -2.20. The van der Waals surface area contributed by atoms with Crippen LogP contribution in [0.15, 0.2) is 18.2 Å². The zero-order valence-electron chi connectivity index (χ0n) is 12.6. The maximum Gasteiger partial charge on any atom is 0.0320 e. The Morgan fingerprint density at radius 1 is 1.06 bits per heavy atom. The van der Waals surface area contributed by atoms with E-state index in [4.69, 9.17) is 0 Å². The third-order valence-corrected chi connectivity index (χ3v) is 3.82. The normalized spacial score (nSPS) is 12.7. The van der Waals surface area contributed by atoms with Gasteiger partial charge in [0.15, 0.2) is 0 Å². The highest BCUT2D eigenvalue weighted by Gasteiger charge is 2.12. The third-order valence-electron chi connectivity index (χ3n) is 3.82. The van der Waals surface area contributed by atoms with Crippen molar-refractivity contribution in [3.8, 4) is 0 Å². The van der Waals surface area contributed by atoms with Gasteiger partial charge in [-0.3, -0.25) is 0 Å². The molecule has 0 aliphatic heterocycles. The molecule has 0 amide bonds. The molecule has 1 N–H and O–H groups in total. The number of unbranched alkanes of at least 4 members (excludes halogenated alkanes) is 2. The molecule has 1 nitrogen and oxygen atoms in total. The van der Waals surface area contributed by atoms with Gasteiger partial charge >= 0.3 is 0 Å². The van der Waals surface area contributed by atoms with Crippen LogP contribution >= 0.6 is 0 Å². The molecule has 1 unspecified atom stereocenters. The predicted octanol–water partition coefficient (Wildman–Crippen LogP) is 4.65. The third kappa shape index (κ3) is 4.13. The molecule has 0 saturated heterocycles. The van der Waals surface area contributed by atoms with E-state index in [0.29, 0.717) is 6.04 Å². The van der Waals surface area contributed by atoms with Gasteiger partial charge < -0.3 is 5.32 Å². The van der Waals surface area contributed by atoms with Gasteiger partial charge in [0.1, 0.15) is 0 Å². The molecule has 0 fully saturated rings. The van der Waals surface area contributed by atoms with Crippen LogP contribution in [-0.4, -0.2) is 7.05 Å². The summed E-state index contributed by atoms with van der Waals surface area (Å²) in [6.45, 7) is 6.75. The first-order chi connectivity index (χ1) is 8.76. The molecule has 1 heteroatoms. The van der Waals surface area contributed by atoms with E-state index in [9.17, 15) is 0 Å². The summed E-state index contributed by atoms with van der Waals surface area (Å²) in [5, 5.41) is 3.50. The Morgan fingerprint density at radius 2 is 1.83 bits per heavy atom. The molecular weight excluding hydrogens is 218 g/mol. The van der Waals surface area contributed by atoms with Crippen LogP contribution in [0.2, 0.25) is 0 Å². The van der Waals surface area contributed by atoms with Gasteiger partial charge in [-0.25, -0.2) is 0 Å². The summed E-state index contributed by atoms with van der Waals surface area (Å²) in [5.41, 5.74) is 4.48. The Hall–Kier alpha value is -0.820. The Kier molecular flexibility index (Phi) is 7.04. The Balaban J connectivity index is 2.87. The van der Waals surface area contributed by atoms with E-state index in [-0.39, 0.29) is 0 Å². The number of rotatable bonds is 8. The van der Waals surface area contributed by atoms with Crippen LogP contribution in [0.4, 0.5) is 0 Å². The summed E-state index contributed by atoms with van der Waals surface area (Å²) in [5.74, 6) is 0. The quantitative estimate of drug-likeness (QED) is 0.659. The number of hydrogen-bond acceptors (Lipinski definition) is 1. The first-order valence-electron chi connectivity index (χ1n) is 7.55. The van der Waals surface area contributed by atoms with Gasteiger partial charge in [0.25, 0.3) is 0 Å². The Labute approximate surface area is 113 Å². The molecule has 1 aromatic rings. The first-order valence-corrected chi connectivity index (χ1v) is 7.55. The molecule has 1 atom stereocenters. The van der Waals surface area contributed by atoms with Crippen molar-refractivity contribution in [1.29, 1.82) is 0 Å². The number of hydrogen-bond donors (Lipinski definition) is 1. The van der Waals surface area contributed by atoms with E-state index < -0.39 is 0 Å². The molecule has 0 spiro atoms. The molecule has 1 rings (SSSR count). The van der Waals surface area contributed by atoms with Crippen molar-refractivity contribution < 1.29 is 0 Å². The molecule has 0 aliphatic carbocycles. The summed E-state index contributed by atoms with van der Waals surface area (Å²) < 4.78 is 0. The van der Waals surface area contributed by atoms with Gasteiger partial charge in [0, 0.05) is 6.04 Å². The minimum Gasteiger partial charge on any atom is -0.313 e. The van der Waals surface area contributed by atoms with E-state index in [1.807, 2.05) is 0 Å². The fourth-order valence-corrected chi connectivity index (χ4v) is 2.56. The first kappa shape index (κ1) is 15.2. The van der Waals surface area contributed by atoms with E-state index in [1.54, 1.807) is 0 Å². The van der Waals surface area contributed by atoms with Gasteiger partial charge in [-0.15, -0.1) is 0 Å². The number of benzene rings is 1. The second-order valence-electron chi connectivity index (χ2n) is 5.08. The maximum atomic E-state index is 3.50. The van der Waals surface area contributed by atoms with Crippen LogP contribution in [0, 0.1) is 0 Å². The van der Waals surface area contributed by atoms with Crippen molar-refractivity contribution in [2.75, 3.05) is 7.05 Å². The average molecular weight is 247 g/mol. The highest BCUT2D eigenvalue weighted by atomic mass is 14.9. The predicted molar refractivity (Wildman–Crippen MR) is 81.1 cm³/mol. The summed E-state index contributed by atoms with van der Waals surface area (Å²) in [6, 6.07) is 7.53. The summed E-state index contributed by atoms with van der Waals surface area (Å²) in [4.78, 5) is 0. The van der Waals surface area contributed by atoms with E-state index in [2.05, 4.69) is 51.3 Å². The van der Waals surface area contributed by atoms with Gasteiger partial charge in [0.05, 0.1) is 0 Å². The second-order valence-corrected chi connectivity index (χ2v) is 5.08. The van der Waals surface area contributed by atoms with Crippen molar-refractivity contribution >= 4 is 0 Å². The van der Waals surface area contributed by atoms with Crippen LogP contribution in [-0.2, 0) is 12.8 Å².